The molecule has 0 spiro atoms. The third kappa shape index (κ3) is 12.4. The van der Waals surface area contributed by atoms with Crippen LogP contribution in [0.3, 0.4) is 0 Å². The second kappa shape index (κ2) is 20.9. The van der Waals surface area contributed by atoms with Gasteiger partial charge in [0.1, 0.15) is 0 Å². The number of carbonyl (C=O) groups is 2. The van der Waals surface area contributed by atoms with Crippen molar-refractivity contribution in [3.8, 4) is 0 Å². The summed E-state index contributed by atoms with van der Waals surface area (Å²) < 4.78 is 6.92. The number of nitrogens with zero attached hydrogens (tertiary/aromatic N) is 2. The van der Waals surface area contributed by atoms with Gasteiger partial charge in [-0.1, -0.05) is 26.2 Å². The number of unbranched alkanes of at least 4 members (excludes halogenated alkanes) is 9. The zero-order valence-corrected chi connectivity index (χ0v) is 29.1. The second-order valence-corrected chi connectivity index (χ2v) is 14.0. The van der Waals surface area contributed by atoms with Crippen molar-refractivity contribution in [2.45, 2.75) is 96.2 Å². The summed E-state index contributed by atoms with van der Waals surface area (Å²) in [6.07, 6.45) is 15.8. The molecule has 0 aliphatic rings. The van der Waals surface area contributed by atoms with Gasteiger partial charge in [-0.05, 0) is 0 Å². The minimum atomic E-state index is -1.49. The van der Waals surface area contributed by atoms with Gasteiger partial charge in [-0.15, -0.1) is 0 Å². The van der Waals surface area contributed by atoms with Crippen molar-refractivity contribution >= 4 is 59.8 Å². The molecule has 2 rings (SSSR count). The van der Waals surface area contributed by atoms with Crippen LogP contribution in [-0.4, -0.2) is 61.2 Å². The van der Waals surface area contributed by atoms with E-state index in [9.17, 15) is 9.59 Å². The predicted octanol–water partition coefficient (Wildman–Crippen LogP) is 7.05. The quantitative estimate of drug-likeness (QED) is 0.0391. The molecule has 0 saturated carbocycles. The van der Waals surface area contributed by atoms with E-state index in [2.05, 4.69) is 19.1 Å². The molecule has 1 aromatic carbocycles. The maximum absolute atomic E-state index is 13.9. The van der Waals surface area contributed by atoms with E-state index < -0.39 is 17.4 Å². The van der Waals surface area contributed by atoms with Crippen LogP contribution in [-0.2, 0) is 30.9 Å². The van der Waals surface area contributed by atoms with Crippen LogP contribution in [0, 0.1) is 5.41 Å². The van der Waals surface area contributed by atoms with Crippen LogP contribution in [0.5, 0.6) is 0 Å². The molecule has 6 nitrogen and oxygen atoms in total. The molecule has 0 fully saturated rings. The molecule has 0 aliphatic heterocycles. The second-order valence-electron chi connectivity index (χ2n) is 10.5. The third-order valence-corrected chi connectivity index (χ3v) is 10.9. The van der Waals surface area contributed by atoms with Gasteiger partial charge < -0.3 is 0 Å². The molecule has 0 N–H and O–H groups in total. The van der Waals surface area contributed by atoms with Crippen LogP contribution in [0.4, 0.5) is 0 Å². The number of aromatic nitrogens is 1. The van der Waals surface area contributed by atoms with Crippen LogP contribution in [0.1, 0.15) is 95.6 Å². The average Bonchev–Trinajstić information content (AvgIpc) is 3.00. The summed E-state index contributed by atoms with van der Waals surface area (Å²) in [7, 11) is 1.60. The fraction of sp³-hybridized carbons (Fsp3) is 0.576. The number of rotatable bonds is 19. The third-order valence-electron chi connectivity index (χ3n) is 7.23. The van der Waals surface area contributed by atoms with E-state index in [-0.39, 0.29) is 28.0 Å². The van der Waals surface area contributed by atoms with E-state index in [1.165, 1.54) is 67.3 Å². The molecule has 9 heteroatoms. The van der Waals surface area contributed by atoms with Crippen molar-refractivity contribution in [1.82, 2.24) is 10.0 Å². The fourth-order valence-corrected chi connectivity index (χ4v) is 7.16. The molecule has 0 aliphatic carbocycles. The van der Waals surface area contributed by atoms with Crippen LogP contribution >= 0.6 is 24.0 Å². The van der Waals surface area contributed by atoms with Crippen molar-refractivity contribution < 1.29 is 19.2 Å². The van der Waals surface area contributed by atoms with Gasteiger partial charge in [0.25, 0.3) is 0 Å². The van der Waals surface area contributed by atoms with Gasteiger partial charge in [-0.2, -0.15) is 0 Å². The number of hydrogen-bond acceptors (Lipinski definition) is 7. The number of thiocarbonyl (C=S) groups is 1. The summed E-state index contributed by atoms with van der Waals surface area (Å²) in [5.74, 6) is -1.17. The monoisotopic (exact) mass is 680 g/mol. The Labute approximate surface area is 269 Å². The van der Waals surface area contributed by atoms with E-state index in [0.29, 0.717) is 10.7 Å². The number of hydroxylamine groups is 2. The number of pyridine rings is 1. The van der Waals surface area contributed by atoms with Gasteiger partial charge in [0.05, 0.1) is 0 Å². The molecule has 1 atom stereocenters. The Balaban J connectivity index is 2.24. The Kier molecular flexibility index (Phi) is 18.0. The molecule has 0 amide bonds. The Morgan fingerprint density at radius 3 is 2.19 bits per heavy atom. The van der Waals surface area contributed by atoms with E-state index in [1.54, 1.807) is 20.2 Å². The first-order chi connectivity index (χ1) is 20.4. The zero-order chi connectivity index (χ0) is 30.6. The minimum absolute atomic E-state index is 0.0244. The molecule has 2 aromatic rings. The number of ether oxygens (including phenoxy) is 1. The van der Waals surface area contributed by atoms with E-state index in [4.69, 9.17) is 26.8 Å². The number of hydrogen-bond donors (Lipinski definition) is 0. The predicted molar refractivity (Wildman–Crippen MR) is 179 cm³/mol. The average molecular weight is 680 g/mol. The van der Waals surface area contributed by atoms with Crippen molar-refractivity contribution in [3.05, 3.63) is 59.8 Å². The molecular weight excluding hydrogens is 631 g/mol. The summed E-state index contributed by atoms with van der Waals surface area (Å²) in [6, 6.07) is 14.2. The summed E-state index contributed by atoms with van der Waals surface area (Å²) >= 11 is 6.67. The molecule has 42 heavy (non-hydrogen) atoms. The van der Waals surface area contributed by atoms with Crippen LogP contribution < -0.4 is 4.59 Å². The number of benzene rings is 1. The molecule has 232 valence electrons. The fourth-order valence-electron chi connectivity index (χ4n) is 4.82. The number of thioether (sulfide) groups is 1. The van der Waals surface area contributed by atoms with Crippen LogP contribution in [0.2, 0.25) is 0 Å². The molecule has 1 unspecified atom stereocenters. The first-order valence-electron chi connectivity index (χ1n) is 15.2. The number of esters is 1. The Bertz CT molecular complexity index is 1090. The topological polar surface area (TPSA) is 68.7 Å². The Hall–Kier alpha value is -1.93. The van der Waals surface area contributed by atoms with Crippen molar-refractivity contribution in [2.75, 3.05) is 19.9 Å². The Morgan fingerprint density at radius 1 is 0.929 bits per heavy atom. The summed E-state index contributed by atoms with van der Waals surface area (Å²) in [5.41, 5.74) is 0.641. The van der Waals surface area contributed by atoms with Crippen molar-refractivity contribution in [1.29, 1.82) is 0 Å². The summed E-state index contributed by atoms with van der Waals surface area (Å²) in [4.78, 5) is 38.1. The molecule has 1 heterocycles. The van der Waals surface area contributed by atoms with Crippen molar-refractivity contribution in [2.24, 2.45) is 5.41 Å². The first-order valence-corrected chi connectivity index (χ1v) is 18.9. The van der Waals surface area contributed by atoms with E-state index >= 15 is 0 Å². The number of carbonyl (C=O) groups excluding carboxylic acids is 2. The van der Waals surface area contributed by atoms with Gasteiger partial charge >= 0.3 is 244 Å². The standard InChI is InChI=1S/C33H48N2O4S2Se/c1-5-7-8-9-10-11-12-13-14-18-23-33(30(36)38-6-2,31(37)39-35(3)32(40)41-4)25-28-22-19-24-34-29(28)42-26-27-20-16-15-17-21-27/h15-17,19-22,24H,5-14,18,23,25-26H2,1-4H3. The maximum atomic E-state index is 13.9. The Morgan fingerprint density at radius 2 is 1.57 bits per heavy atom. The van der Waals surface area contributed by atoms with Crippen LogP contribution in [0.25, 0.3) is 0 Å². The van der Waals surface area contributed by atoms with Crippen LogP contribution in [0.15, 0.2) is 48.7 Å². The molecular formula is C33H48N2O4S2Se. The molecule has 0 bridgehead atoms. The van der Waals surface area contributed by atoms with E-state index in [0.717, 1.165) is 34.7 Å². The van der Waals surface area contributed by atoms with Gasteiger partial charge in [0.2, 0.25) is 0 Å². The van der Waals surface area contributed by atoms with Gasteiger partial charge in [0.15, 0.2) is 0 Å². The molecule has 0 saturated heterocycles. The zero-order valence-electron chi connectivity index (χ0n) is 25.8. The molecule has 0 radical (unpaired) electrons. The normalized spacial score (nSPS) is 12.4. The van der Waals surface area contributed by atoms with Gasteiger partial charge in [-0.25, -0.2) is 0 Å². The summed E-state index contributed by atoms with van der Waals surface area (Å²) in [5, 5.41) is 2.15. The van der Waals surface area contributed by atoms with Crippen molar-refractivity contribution in [3.63, 3.8) is 0 Å². The summed E-state index contributed by atoms with van der Waals surface area (Å²) in [6.45, 7) is 4.19. The van der Waals surface area contributed by atoms with Gasteiger partial charge in [0, 0.05) is 0 Å². The SMILES string of the molecule is CCCCCCCCCCCCC(Cc1cccnc1[Se]Cc1ccccc1)(C(=O)OCC)C(=O)ON(C)C(=S)SC. The van der Waals surface area contributed by atoms with Gasteiger partial charge in [-0.3, -0.25) is 0 Å². The van der Waals surface area contributed by atoms with E-state index in [1.807, 2.05) is 36.6 Å². The molecule has 1 aromatic heterocycles. The first kappa shape index (κ1) is 36.3.